The number of nitriles is 1. The lowest BCUT2D eigenvalue weighted by atomic mass is 10.1. The molecule has 0 atom stereocenters. The van der Waals surface area contributed by atoms with E-state index < -0.39 is 23.6 Å². The molecule has 0 unspecified atom stereocenters. The van der Waals surface area contributed by atoms with Gasteiger partial charge >= 0.3 is 6.36 Å². The monoisotopic (exact) mass is 230 g/mol. The quantitative estimate of drug-likeness (QED) is 0.837. The predicted octanol–water partition coefficient (Wildman–Crippen LogP) is 1.56. The summed E-state index contributed by atoms with van der Waals surface area (Å²) in [7, 11) is 0. The minimum atomic E-state index is -4.93. The van der Waals surface area contributed by atoms with Gasteiger partial charge in [0.1, 0.15) is 17.4 Å². The molecule has 16 heavy (non-hydrogen) atoms. The van der Waals surface area contributed by atoms with Crippen molar-refractivity contribution in [1.29, 1.82) is 5.26 Å². The molecule has 84 valence electrons. The van der Waals surface area contributed by atoms with Crippen molar-refractivity contribution in [2.24, 2.45) is 5.73 Å². The van der Waals surface area contributed by atoms with Crippen LogP contribution in [0.25, 0.3) is 0 Å². The number of nitrogens with two attached hydrogens (primary N) is 1. The van der Waals surface area contributed by atoms with Crippen LogP contribution in [0.1, 0.15) is 15.9 Å². The maximum Gasteiger partial charge on any atom is 0.573 e. The first-order chi connectivity index (χ1) is 7.35. The molecule has 0 saturated heterocycles. The number of alkyl halides is 3. The minimum absolute atomic E-state index is 0.316. The van der Waals surface area contributed by atoms with Gasteiger partial charge in [-0.2, -0.15) is 5.26 Å². The Kier molecular flexibility index (Phi) is 3.04. The number of benzene rings is 1. The first-order valence-corrected chi connectivity index (χ1v) is 3.94. The third kappa shape index (κ3) is 2.63. The maximum absolute atomic E-state index is 11.9. The van der Waals surface area contributed by atoms with Gasteiger partial charge in [0.05, 0.1) is 5.56 Å². The van der Waals surface area contributed by atoms with Crippen LogP contribution < -0.4 is 10.5 Å². The van der Waals surface area contributed by atoms with E-state index in [0.717, 1.165) is 18.2 Å². The summed E-state index contributed by atoms with van der Waals surface area (Å²) in [6.07, 6.45) is -4.93. The van der Waals surface area contributed by atoms with Crippen molar-refractivity contribution in [1.82, 2.24) is 0 Å². The molecule has 0 fully saturated rings. The van der Waals surface area contributed by atoms with E-state index in [1.807, 2.05) is 0 Å². The van der Waals surface area contributed by atoms with E-state index in [4.69, 9.17) is 11.0 Å². The van der Waals surface area contributed by atoms with E-state index in [1.165, 1.54) is 6.07 Å². The number of amides is 1. The number of carbonyl (C=O) groups is 1. The van der Waals surface area contributed by atoms with Gasteiger partial charge in [0.2, 0.25) is 5.91 Å². The smallest absolute Gasteiger partial charge is 0.404 e. The molecule has 4 nitrogen and oxygen atoms in total. The summed E-state index contributed by atoms with van der Waals surface area (Å²) in [6.45, 7) is 0. The van der Waals surface area contributed by atoms with Crippen LogP contribution in [0.4, 0.5) is 13.2 Å². The molecule has 1 aromatic carbocycles. The summed E-state index contributed by atoms with van der Waals surface area (Å²) < 4.78 is 39.4. The summed E-state index contributed by atoms with van der Waals surface area (Å²) in [5, 5.41) is 8.64. The molecule has 1 aromatic rings. The fourth-order valence-corrected chi connectivity index (χ4v) is 1.06. The Morgan fingerprint density at radius 3 is 2.50 bits per heavy atom. The van der Waals surface area contributed by atoms with Gasteiger partial charge < -0.3 is 10.5 Å². The van der Waals surface area contributed by atoms with Gasteiger partial charge in [0.25, 0.3) is 0 Å². The maximum atomic E-state index is 11.9. The van der Waals surface area contributed by atoms with Crippen LogP contribution in [0.3, 0.4) is 0 Å². The third-order valence-electron chi connectivity index (χ3n) is 1.63. The molecule has 0 radical (unpaired) electrons. The normalized spacial score (nSPS) is 10.6. The van der Waals surface area contributed by atoms with Crippen LogP contribution >= 0.6 is 0 Å². The van der Waals surface area contributed by atoms with Gasteiger partial charge in [-0.05, 0) is 12.1 Å². The highest BCUT2D eigenvalue weighted by Crippen LogP contribution is 2.27. The van der Waals surface area contributed by atoms with E-state index in [2.05, 4.69) is 4.74 Å². The summed E-state index contributed by atoms with van der Waals surface area (Å²) in [5.74, 6) is -1.74. The van der Waals surface area contributed by atoms with Gasteiger partial charge in [0.15, 0.2) is 0 Å². The number of hydrogen-bond acceptors (Lipinski definition) is 3. The SMILES string of the molecule is N#Cc1c(OC(F)(F)F)cccc1C(N)=O. The minimum Gasteiger partial charge on any atom is -0.404 e. The Morgan fingerprint density at radius 1 is 1.44 bits per heavy atom. The first-order valence-electron chi connectivity index (χ1n) is 3.94. The van der Waals surface area contributed by atoms with Crippen LogP contribution in [-0.2, 0) is 0 Å². The Morgan fingerprint density at radius 2 is 2.06 bits per heavy atom. The molecular weight excluding hydrogens is 225 g/mol. The molecule has 0 aliphatic heterocycles. The molecule has 0 saturated carbocycles. The lowest BCUT2D eigenvalue weighted by Crippen LogP contribution is -2.19. The second kappa shape index (κ2) is 4.10. The number of ether oxygens (including phenoxy) is 1. The molecule has 1 rings (SSSR count). The second-order valence-corrected chi connectivity index (χ2v) is 2.70. The number of primary amides is 1. The number of halogens is 3. The van der Waals surface area contributed by atoms with E-state index >= 15 is 0 Å². The standard InChI is InChI=1S/C9H5F3N2O2/c10-9(11,12)16-7-3-1-2-5(8(14)15)6(7)4-13/h1-3H,(H2,14,15). The Labute approximate surface area is 88.0 Å². The molecule has 7 heteroatoms. The summed E-state index contributed by atoms with van der Waals surface area (Å²) >= 11 is 0. The zero-order valence-corrected chi connectivity index (χ0v) is 7.71. The fraction of sp³-hybridized carbons (Fsp3) is 0.111. The molecule has 1 amide bonds. The highest BCUT2D eigenvalue weighted by atomic mass is 19.4. The van der Waals surface area contributed by atoms with Crippen LogP contribution in [0.2, 0.25) is 0 Å². The van der Waals surface area contributed by atoms with Crippen LogP contribution in [0.15, 0.2) is 18.2 Å². The topological polar surface area (TPSA) is 76.1 Å². The van der Waals surface area contributed by atoms with E-state index in [-0.39, 0.29) is 5.56 Å². The van der Waals surface area contributed by atoms with Crippen molar-refractivity contribution in [2.75, 3.05) is 0 Å². The Balaban J connectivity index is 3.26. The zero-order valence-electron chi connectivity index (χ0n) is 7.71. The van der Waals surface area contributed by atoms with E-state index in [1.54, 1.807) is 0 Å². The van der Waals surface area contributed by atoms with Gasteiger partial charge in [0, 0.05) is 0 Å². The molecule has 0 aliphatic rings. The van der Waals surface area contributed by atoms with Gasteiger partial charge in [-0.1, -0.05) is 6.07 Å². The van der Waals surface area contributed by atoms with Crippen molar-refractivity contribution in [3.63, 3.8) is 0 Å². The average molecular weight is 230 g/mol. The first kappa shape index (κ1) is 11.8. The molecule has 0 spiro atoms. The lowest BCUT2D eigenvalue weighted by molar-refractivity contribution is -0.274. The van der Waals surface area contributed by atoms with Crippen molar-refractivity contribution in [3.8, 4) is 11.8 Å². The number of hydrogen-bond donors (Lipinski definition) is 1. The third-order valence-corrected chi connectivity index (χ3v) is 1.63. The van der Waals surface area contributed by atoms with E-state index in [9.17, 15) is 18.0 Å². The molecular formula is C9H5F3N2O2. The molecule has 0 aromatic heterocycles. The van der Waals surface area contributed by atoms with Gasteiger partial charge in [-0.25, -0.2) is 0 Å². The Hall–Kier alpha value is -2.23. The number of nitrogens with zero attached hydrogens (tertiary/aromatic N) is 1. The van der Waals surface area contributed by atoms with Gasteiger partial charge in [-0.15, -0.1) is 13.2 Å². The highest BCUT2D eigenvalue weighted by Gasteiger charge is 2.32. The van der Waals surface area contributed by atoms with Crippen molar-refractivity contribution >= 4 is 5.91 Å². The van der Waals surface area contributed by atoms with Crippen LogP contribution in [0.5, 0.6) is 5.75 Å². The largest absolute Gasteiger partial charge is 0.573 e. The second-order valence-electron chi connectivity index (χ2n) is 2.70. The van der Waals surface area contributed by atoms with Crippen molar-refractivity contribution in [3.05, 3.63) is 29.3 Å². The van der Waals surface area contributed by atoms with E-state index in [0.29, 0.717) is 0 Å². The van der Waals surface area contributed by atoms with Crippen molar-refractivity contribution < 1.29 is 22.7 Å². The molecule has 2 N–H and O–H groups in total. The molecule has 0 bridgehead atoms. The average Bonchev–Trinajstić information content (AvgIpc) is 2.14. The summed E-state index contributed by atoms with van der Waals surface area (Å²) in [4.78, 5) is 10.8. The lowest BCUT2D eigenvalue weighted by Gasteiger charge is -2.11. The summed E-state index contributed by atoms with van der Waals surface area (Å²) in [6, 6.07) is 4.66. The summed E-state index contributed by atoms with van der Waals surface area (Å²) in [5.41, 5.74) is 4.05. The number of carbonyl (C=O) groups excluding carboxylic acids is 1. The van der Waals surface area contributed by atoms with Crippen LogP contribution in [0, 0.1) is 11.3 Å². The predicted molar refractivity (Wildman–Crippen MR) is 46.4 cm³/mol. The highest BCUT2D eigenvalue weighted by molar-refractivity contribution is 5.96. The van der Waals surface area contributed by atoms with Crippen LogP contribution in [-0.4, -0.2) is 12.3 Å². The molecule has 0 heterocycles. The fourth-order valence-electron chi connectivity index (χ4n) is 1.06. The number of rotatable bonds is 2. The van der Waals surface area contributed by atoms with Crippen molar-refractivity contribution in [2.45, 2.75) is 6.36 Å². The molecule has 0 aliphatic carbocycles. The zero-order chi connectivity index (χ0) is 12.3. The Bertz CT molecular complexity index is 463. The van der Waals surface area contributed by atoms with Gasteiger partial charge in [-0.3, -0.25) is 4.79 Å².